The van der Waals surface area contributed by atoms with E-state index < -0.39 is 0 Å². The smallest absolute Gasteiger partial charge is 0.251 e. The Bertz CT molecular complexity index is 1130. The van der Waals surface area contributed by atoms with Crippen LogP contribution in [0.4, 0.5) is 5.69 Å². The van der Waals surface area contributed by atoms with Gasteiger partial charge in [-0.05, 0) is 42.0 Å². The number of hydrogen-bond acceptors (Lipinski definition) is 2. The second-order valence-electron chi connectivity index (χ2n) is 6.29. The van der Waals surface area contributed by atoms with E-state index in [0.717, 1.165) is 22.6 Å². The molecule has 4 aromatic rings. The number of pyridine rings is 1. The maximum atomic E-state index is 13.1. The molecule has 28 heavy (non-hydrogen) atoms. The van der Waals surface area contributed by atoms with Crippen LogP contribution in [0.3, 0.4) is 0 Å². The molecule has 0 radical (unpaired) electrons. The first-order valence-corrected chi connectivity index (χ1v) is 9.30. The number of amides is 1. The number of nitrogens with zero attached hydrogens (tertiary/aromatic N) is 3. The van der Waals surface area contributed by atoms with Crippen LogP contribution in [0.5, 0.6) is 0 Å². The van der Waals surface area contributed by atoms with Crippen LogP contribution in [0.15, 0.2) is 91.3 Å². The SMILES string of the molecule is O=C(/C=C/c1ccccc1Cl)N(Cc1cnc2ccccn12)c1ccccc1. The summed E-state index contributed by atoms with van der Waals surface area (Å²) in [5.41, 5.74) is 3.41. The Kier molecular flexibility index (Phi) is 5.22. The van der Waals surface area contributed by atoms with Crippen LogP contribution in [-0.4, -0.2) is 15.3 Å². The van der Waals surface area contributed by atoms with Gasteiger partial charge in [0.25, 0.3) is 5.91 Å². The average molecular weight is 388 g/mol. The third-order valence-corrected chi connectivity index (χ3v) is 4.80. The van der Waals surface area contributed by atoms with Gasteiger partial charge >= 0.3 is 0 Å². The fourth-order valence-electron chi connectivity index (χ4n) is 3.03. The topological polar surface area (TPSA) is 37.6 Å². The standard InChI is InChI=1S/C23H18ClN3O/c24-21-11-5-4-8-18(21)13-14-23(28)27(19-9-2-1-3-10-19)17-20-16-25-22-12-6-7-15-26(20)22/h1-16H,17H2/b14-13+. The first kappa shape index (κ1) is 18.0. The highest BCUT2D eigenvalue weighted by atomic mass is 35.5. The minimum Gasteiger partial charge on any atom is -0.303 e. The summed E-state index contributed by atoms with van der Waals surface area (Å²) >= 11 is 6.20. The molecule has 0 N–H and O–H groups in total. The van der Waals surface area contributed by atoms with Gasteiger partial charge in [0.1, 0.15) is 5.65 Å². The van der Waals surface area contributed by atoms with Gasteiger partial charge < -0.3 is 9.30 Å². The van der Waals surface area contributed by atoms with E-state index in [1.807, 2.05) is 77.3 Å². The first-order valence-electron chi connectivity index (χ1n) is 8.92. The molecule has 1 amide bonds. The molecule has 0 aliphatic heterocycles. The maximum Gasteiger partial charge on any atom is 0.251 e. The molecular weight excluding hydrogens is 370 g/mol. The predicted octanol–water partition coefficient (Wildman–Crippen LogP) is 5.23. The number of hydrogen-bond donors (Lipinski definition) is 0. The lowest BCUT2D eigenvalue weighted by Gasteiger charge is -2.21. The van der Waals surface area contributed by atoms with Crippen molar-refractivity contribution >= 4 is 34.9 Å². The van der Waals surface area contributed by atoms with Gasteiger partial charge in [-0.3, -0.25) is 4.79 Å². The molecular formula is C23H18ClN3O. The number of halogens is 1. The van der Waals surface area contributed by atoms with E-state index in [2.05, 4.69) is 4.98 Å². The number of aromatic nitrogens is 2. The van der Waals surface area contributed by atoms with Crippen LogP contribution in [-0.2, 0) is 11.3 Å². The minimum absolute atomic E-state index is 0.128. The van der Waals surface area contributed by atoms with E-state index >= 15 is 0 Å². The molecule has 2 aromatic heterocycles. The number of imidazole rings is 1. The molecule has 0 saturated carbocycles. The quantitative estimate of drug-likeness (QED) is 0.439. The highest BCUT2D eigenvalue weighted by molar-refractivity contribution is 6.32. The Labute approximate surface area is 168 Å². The van der Waals surface area contributed by atoms with Gasteiger partial charge in [-0.15, -0.1) is 0 Å². The molecule has 2 heterocycles. The van der Waals surface area contributed by atoms with Gasteiger partial charge in [-0.2, -0.15) is 0 Å². The van der Waals surface area contributed by atoms with Crippen molar-refractivity contribution in [3.05, 3.63) is 108 Å². The molecule has 4 rings (SSSR count). The summed E-state index contributed by atoms with van der Waals surface area (Å²) in [5, 5.41) is 0.611. The van der Waals surface area contributed by atoms with Crippen LogP contribution in [0.1, 0.15) is 11.3 Å². The van der Waals surface area contributed by atoms with Crippen LogP contribution in [0.2, 0.25) is 5.02 Å². The number of para-hydroxylation sites is 1. The molecule has 2 aromatic carbocycles. The zero-order valence-electron chi connectivity index (χ0n) is 15.1. The third kappa shape index (κ3) is 3.82. The van der Waals surface area contributed by atoms with E-state index in [1.54, 1.807) is 29.3 Å². The highest BCUT2D eigenvalue weighted by Gasteiger charge is 2.16. The fraction of sp³-hybridized carbons (Fsp3) is 0.0435. The number of anilines is 1. The highest BCUT2D eigenvalue weighted by Crippen LogP contribution is 2.20. The van der Waals surface area contributed by atoms with Crippen molar-refractivity contribution in [3.63, 3.8) is 0 Å². The van der Waals surface area contributed by atoms with Gasteiger partial charge in [0.2, 0.25) is 0 Å². The molecule has 0 spiro atoms. The molecule has 0 aliphatic carbocycles. The minimum atomic E-state index is -0.128. The Morgan fingerprint density at radius 1 is 1.00 bits per heavy atom. The fourth-order valence-corrected chi connectivity index (χ4v) is 3.23. The second kappa shape index (κ2) is 8.11. The predicted molar refractivity (Wildman–Crippen MR) is 113 cm³/mol. The van der Waals surface area contributed by atoms with Crippen molar-refractivity contribution < 1.29 is 4.79 Å². The summed E-state index contributed by atoms with van der Waals surface area (Å²) in [7, 11) is 0. The molecule has 4 nitrogen and oxygen atoms in total. The van der Waals surface area contributed by atoms with E-state index in [9.17, 15) is 4.79 Å². The van der Waals surface area contributed by atoms with Gasteiger partial charge in [0.05, 0.1) is 18.4 Å². The van der Waals surface area contributed by atoms with Gasteiger partial charge in [0, 0.05) is 23.0 Å². The van der Waals surface area contributed by atoms with Crippen molar-refractivity contribution in [2.75, 3.05) is 4.90 Å². The number of rotatable bonds is 5. The molecule has 0 bridgehead atoms. The lowest BCUT2D eigenvalue weighted by Crippen LogP contribution is -2.29. The van der Waals surface area contributed by atoms with E-state index in [0.29, 0.717) is 11.6 Å². The molecule has 0 unspecified atom stereocenters. The largest absolute Gasteiger partial charge is 0.303 e. The van der Waals surface area contributed by atoms with E-state index in [-0.39, 0.29) is 5.91 Å². The Morgan fingerprint density at radius 3 is 2.57 bits per heavy atom. The lowest BCUT2D eigenvalue weighted by molar-refractivity contribution is -0.114. The lowest BCUT2D eigenvalue weighted by atomic mass is 10.2. The van der Waals surface area contributed by atoms with E-state index in [4.69, 9.17) is 11.6 Å². The van der Waals surface area contributed by atoms with Crippen LogP contribution in [0, 0.1) is 0 Å². The van der Waals surface area contributed by atoms with Crippen LogP contribution >= 0.6 is 11.6 Å². The third-order valence-electron chi connectivity index (χ3n) is 4.46. The Hall–Kier alpha value is -3.37. The molecule has 138 valence electrons. The Morgan fingerprint density at radius 2 is 1.75 bits per heavy atom. The first-order chi connectivity index (χ1) is 13.7. The summed E-state index contributed by atoms with van der Waals surface area (Å²) in [6.07, 6.45) is 7.05. The average Bonchev–Trinajstić information content (AvgIpc) is 3.15. The summed E-state index contributed by atoms with van der Waals surface area (Å²) in [5.74, 6) is -0.128. The second-order valence-corrected chi connectivity index (χ2v) is 6.70. The molecule has 0 atom stereocenters. The molecule has 0 fully saturated rings. The maximum absolute atomic E-state index is 13.1. The summed E-state index contributed by atoms with van der Waals surface area (Å²) in [6, 6.07) is 22.9. The molecule has 5 heteroatoms. The zero-order chi connectivity index (χ0) is 19.3. The monoisotopic (exact) mass is 387 g/mol. The van der Waals surface area contributed by atoms with Crippen molar-refractivity contribution in [1.29, 1.82) is 0 Å². The van der Waals surface area contributed by atoms with Gasteiger partial charge in [-0.25, -0.2) is 4.98 Å². The molecule has 0 saturated heterocycles. The van der Waals surface area contributed by atoms with Gasteiger partial charge in [-0.1, -0.05) is 54.1 Å². The normalized spacial score (nSPS) is 11.2. The van der Waals surface area contributed by atoms with Crippen molar-refractivity contribution in [2.24, 2.45) is 0 Å². The van der Waals surface area contributed by atoms with Gasteiger partial charge in [0.15, 0.2) is 0 Å². The number of carbonyl (C=O) groups excluding carboxylic acids is 1. The summed E-state index contributed by atoms with van der Waals surface area (Å²) < 4.78 is 1.99. The zero-order valence-corrected chi connectivity index (χ0v) is 15.8. The van der Waals surface area contributed by atoms with E-state index in [1.165, 1.54) is 0 Å². The van der Waals surface area contributed by atoms with Crippen molar-refractivity contribution in [3.8, 4) is 0 Å². The number of fused-ring (bicyclic) bond motifs is 1. The Balaban J connectivity index is 1.66. The molecule has 0 aliphatic rings. The van der Waals surface area contributed by atoms with Crippen molar-refractivity contribution in [2.45, 2.75) is 6.54 Å². The van der Waals surface area contributed by atoms with Crippen LogP contribution < -0.4 is 4.90 Å². The van der Waals surface area contributed by atoms with Crippen LogP contribution in [0.25, 0.3) is 11.7 Å². The number of benzene rings is 2. The number of carbonyl (C=O) groups is 1. The summed E-state index contributed by atoms with van der Waals surface area (Å²) in [4.78, 5) is 19.2. The van der Waals surface area contributed by atoms with Crippen molar-refractivity contribution in [1.82, 2.24) is 9.38 Å². The summed E-state index contributed by atoms with van der Waals surface area (Å²) in [6.45, 7) is 0.404.